The third-order valence-electron chi connectivity index (χ3n) is 7.96. The number of esters is 1. The topological polar surface area (TPSA) is 121 Å². The molecule has 7 atom stereocenters. The molecule has 0 aromatic heterocycles. The Hall–Kier alpha value is -2.09. The molecule has 0 amide bonds. The zero-order valence-corrected chi connectivity index (χ0v) is 17.4. The van der Waals surface area contributed by atoms with E-state index < -0.39 is 47.0 Å². The second-order valence-electron chi connectivity index (χ2n) is 9.50. The summed E-state index contributed by atoms with van der Waals surface area (Å²) in [5.74, 6) is -1.89. The molecular weight excluding hydrogens is 388 g/mol. The van der Waals surface area contributed by atoms with Gasteiger partial charge in [-0.2, -0.15) is 0 Å². The molecule has 4 rings (SSSR count). The van der Waals surface area contributed by atoms with Crippen molar-refractivity contribution in [3.63, 3.8) is 0 Å². The highest BCUT2D eigenvalue weighted by atomic mass is 16.5. The van der Waals surface area contributed by atoms with Gasteiger partial charge in [0.15, 0.2) is 18.0 Å². The van der Waals surface area contributed by atoms with Crippen LogP contribution in [0.4, 0.5) is 0 Å². The van der Waals surface area contributed by atoms with Gasteiger partial charge < -0.3 is 20.1 Å². The summed E-state index contributed by atoms with van der Waals surface area (Å²) in [4.78, 5) is 35.9. The molecule has 4 unspecified atom stereocenters. The summed E-state index contributed by atoms with van der Waals surface area (Å²) in [7, 11) is 0. The van der Waals surface area contributed by atoms with Crippen LogP contribution in [0.25, 0.3) is 0 Å². The average molecular weight is 416 g/mol. The van der Waals surface area contributed by atoms with Crippen LogP contribution in [0.2, 0.25) is 0 Å². The Morgan fingerprint density at radius 1 is 1.27 bits per heavy atom. The molecule has 7 nitrogen and oxygen atoms in total. The minimum atomic E-state index is -2.18. The number of hydrogen-bond donors (Lipinski definition) is 3. The van der Waals surface area contributed by atoms with Gasteiger partial charge in [-0.15, -0.1) is 0 Å². The van der Waals surface area contributed by atoms with Crippen molar-refractivity contribution in [2.75, 3.05) is 6.61 Å². The number of ketones is 2. The van der Waals surface area contributed by atoms with Gasteiger partial charge in [-0.1, -0.05) is 37.1 Å². The van der Waals surface area contributed by atoms with Crippen LogP contribution in [0.3, 0.4) is 0 Å². The van der Waals surface area contributed by atoms with Crippen LogP contribution < -0.4 is 0 Å². The van der Waals surface area contributed by atoms with Gasteiger partial charge in [0.05, 0.1) is 6.10 Å². The van der Waals surface area contributed by atoms with Crippen molar-refractivity contribution in [1.29, 1.82) is 0 Å². The molecule has 0 aromatic rings. The van der Waals surface area contributed by atoms with Gasteiger partial charge >= 0.3 is 5.97 Å². The monoisotopic (exact) mass is 416 g/mol. The number of carbonyl (C=O) groups excluding carboxylic acids is 3. The van der Waals surface area contributed by atoms with Crippen molar-refractivity contribution < 1.29 is 34.4 Å². The first-order valence-electron chi connectivity index (χ1n) is 10.4. The fourth-order valence-electron chi connectivity index (χ4n) is 6.45. The lowest BCUT2D eigenvalue weighted by atomic mass is 9.47. The first-order chi connectivity index (χ1) is 13.9. The fraction of sp³-hybridized carbons (Fsp3) is 0.609. The summed E-state index contributed by atoms with van der Waals surface area (Å²) < 4.78 is 4.79. The SMILES string of the molecule is CC(=O)OCC(=O)[C@@]1(O)C(O)C=C2C3CCC4=CC(=O)C=C[C@]4(C)C3C(O)C[C@@]21C. The molecule has 4 aliphatic carbocycles. The number of ether oxygens (including phenoxy) is 1. The maximum Gasteiger partial charge on any atom is 0.303 e. The standard InChI is InChI=1S/C23H28O7/c1-12(24)30-11-19(28)23(29)18(27)9-16-15-5-4-13-8-14(25)6-7-21(13,2)20(15)17(26)10-22(16,23)3/h6-9,15,17-18,20,26-27,29H,4-5,10-11H2,1-3H3/t15?,17?,18?,20?,21-,22-,23-/m0/s1. The second-order valence-corrected chi connectivity index (χ2v) is 9.50. The Morgan fingerprint density at radius 3 is 2.63 bits per heavy atom. The van der Waals surface area contributed by atoms with Gasteiger partial charge in [-0.05, 0) is 37.3 Å². The molecule has 30 heavy (non-hydrogen) atoms. The summed E-state index contributed by atoms with van der Waals surface area (Å²) in [5.41, 5.74) is -2.13. The van der Waals surface area contributed by atoms with Crippen LogP contribution in [0.15, 0.2) is 35.5 Å². The predicted molar refractivity (Wildman–Crippen MR) is 106 cm³/mol. The summed E-state index contributed by atoms with van der Waals surface area (Å²) in [5, 5.41) is 33.4. The highest BCUT2D eigenvalue weighted by Gasteiger charge is 2.68. The van der Waals surface area contributed by atoms with Crippen LogP contribution >= 0.6 is 0 Å². The molecule has 7 heteroatoms. The van der Waals surface area contributed by atoms with Crippen LogP contribution in [0.1, 0.15) is 40.0 Å². The van der Waals surface area contributed by atoms with Crippen molar-refractivity contribution in [3.8, 4) is 0 Å². The van der Waals surface area contributed by atoms with Crippen molar-refractivity contribution in [3.05, 3.63) is 35.5 Å². The summed E-state index contributed by atoms with van der Waals surface area (Å²) >= 11 is 0. The van der Waals surface area contributed by atoms with Crippen LogP contribution in [0, 0.1) is 22.7 Å². The highest BCUT2D eigenvalue weighted by Crippen LogP contribution is 2.65. The first kappa shape index (κ1) is 21.2. The van der Waals surface area contributed by atoms with Crippen molar-refractivity contribution >= 4 is 17.5 Å². The van der Waals surface area contributed by atoms with Gasteiger partial charge in [-0.25, -0.2) is 0 Å². The lowest BCUT2D eigenvalue weighted by Gasteiger charge is -2.58. The summed E-state index contributed by atoms with van der Waals surface area (Å²) in [6.07, 6.45) is 5.64. The molecule has 0 heterocycles. The summed E-state index contributed by atoms with van der Waals surface area (Å²) in [6.45, 7) is 4.22. The van der Waals surface area contributed by atoms with E-state index in [2.05, 4.69) is 0 Å². The maximum absolute atomic E-state index is 12.9. The smallest absolute Gasteiger partial charge is 0.303 e. The van der Waals surface area contributed by atoms with Crippen LogP contribution in [-0.4, -0.2) is 57.3 Å². The number of carbonyl (C=O) groups is 3. The molecular formula is C23H28O7. The second kappa shape index (κ2) is 6.70. The van der Waals surface area contributed by atoms with Gasteiger partial charge in [0.25, 0.3) is 0 Å². The third kappa shape index (κ3) is 2.65. The molecule has 162 valence electrons. The quantitative estimate of drug-likeness (QED) is 0.464. The van der Waals surface area contributed by atoms with E-state index in [1.54, 1.807) is 19.1 Å². The Labute approximate surface area is 175 Å². The van der Waals surface area contributed by atoms with E-state index in [0.717, 1.165) is 11.1 Å². The number of aliphatic hydroxyl groups excluding tert-OH is 2. The van der Waals surface area contributed by atoms with E-state index in [-0.39, 0.29) is 24.0 Å². The number of allylic oxidation sites excluding steroid dienone is 4. The molecule has 0 saturated heterocycles. The number of aliphatic hydroxyl groups is 3. The summed E-state index contributed by atoms with van der Waals surface area (Å²) in [6, 6.07) is 0. The van der Waals surface area contributed by atoms with E-state index in [4.69, 9.17) is 4.74 Å². The van der Waals surface area contributed by atoms with E-state index in [0.29, 0.717) is 12.8 Å². The zero-order chi connectivity index (χ0) is 22.1. The third-order valence-corrected chi connectivity index (χ3v) is 7.96. The van der Waals surface area contributed by atoms with Crippen LogP contribution in [-0.2, 0) is 19.1 Å². The number of hydrogen-bond acceptors (Lipinski definition) is 7. The van der Waals surface area contributed by atoms with Crippen molar-refractivity contribution in [2.24, 2.45) is 22.7 Å². The lowest BCUT2D eigenvalue weighted by Crippen LogP contribution is -2.63. The van der Waals surface area contributed by atoms with Gasteiger partial charge in [0.2, 0.25) is 5.78 Å². The predicted octanol–water partition coefficient (Wildman–Crippen LogP) is 1.02. The van der Waals surface area contributed by atoms with E-state index in [1.807, 2.05) is 13.0 Å². The Morgan fingerprint density at radius 2 is 1.97 bits per heavy atom. The zero-order valence-electron chi connectivity index (χ0n) is 17.4. The highest BCUT2D eigenvalue weighted by molar-refractivity contribution is 6.01. The van der Waals surface area contributed by atoms with E-state index >= 15 is 0 Å². The Bertz CT molecular complexity index is 915. The lowest BCUT2D eigenvalue weighted by molar-refractivity contribution is -0.178. The Kier molecular flexibility index (Phi) is 4.73. The minimum absolute atomic E-state index is 0.0583. The maximum atomic E-state index is 12.9. The van der Waals surface area contributed by atoms with Crippen molar-refractivity contribution in [1.82, 2.24) is 0 Å². The molecule has 4 aliphatic rings. The fourth-order valence-corrected chi connectivity index (χ4v) is 6.45. The largest absolute Gasteiger partial charge is 0.458 e. The molecule has 0 bridgehead atoms. The van der Waals surface area contributed by atoms with Crippen molar-refractivity contribution in [2.45, 2.75) is 57.8 Å². The molecule has 3 N–H and O–H groups in total. The minimum Gasteiger partial charge on any atom is -0.458 e. The molecule has 0 aromatic carbocycles. The number of fused-ring (bicyclic) bond motifs is 5. The molecule has 0 aliphatic heterocycles. The normalized spacial score (nSPS) is 44.4. The molecule has 2 saturated carbocycles. The van der Waals surface area contributed by atoms with Gasteiger partial charge in [-0.3, -0.25) is 14.4 Å². The Balaban J connectivity index is 1.73. The van der Waals surface area contributed by atoms with Gasteiger partial charge in [0, 0.05) is 23.7 Å². The molecule has 2 fully saturated rings. The molecule has 0 spiro atoms. The molecule has 0 radical (unpaired) electrons. The van der Waals surface area contributed by atoms with Gasteiger partial charge in [0.1, 0.15) is 6.10 Å². The first-order valence-corrected chi connectivity index (χ1v) is 10.4. The number of rotatable bonds is 3. The number of Topliss-reactive ketones (excluding diaryl/α,β-unsaturated/α-hetero) is 1. The van der Waals surface area contributed by atoms with E-state index in [9.17, 15) is 29.7 Å². The van der Waals surface area contributed by atoms with Crippen LogP contribution in [0.5, 0.6) is 0 Å². The van der Waals surface area contributed by atoms with E-state index in [1.165, 1.54) is 13.0 Å². The average Bonchev–Trinajstić information content (AvgIpc) is 2.87.